The van der Waals surface area contributed by atoms with Gasteiger partial charge in [0.05, 0.1) is 5.69 Å². The molecule has 0 amide bonds. The summed E-state index contributed by atoms with van der Waals surface area (Å²) < 4.78 is 0. The van der Waals surface area contributed by atoms with E-state index in [1.54, 1.807) is 12.3 Å². The lowest BCUT2D eigenvalue weighted by molar-refractivity contribution is 1.23. The van der Waals surface area contributed by atoms with E-state index in [9.17, 15) is 4.79 Å². The summed E-state index contributed by atoms with van der Waals surface area (Å²) in [5.41, 5.74) is 3.97. The van der Waals surface area contributed by atoms with Gasteiger partial charge >= 0.3 is 0 Å². The van der Waals surface area contributed by atoms with Gasteiger partial charge in [0.25, 0.3) is 0 Å². The second-order valence-electron chi connectivity index (χ2n) is 5.86. The Bertz CT molecular complexity index is 1270. The summed E-state index contributed by atoms with van der Waals surface area (Å²) in [5, 5.41) is 1.73. The van der Waals surface area contributed by atoms with Crippen molar-refractivity contribution in [3.63, 3.8) is 0 Å². The molecule has 0 radical (unpaired) electrons. The zero-order chi connectivity index (χ0) is 17.5. The summed E-state index contributed by atoms with van der Waals surface area (Å²) in [6.07, 6.45) is 1.77. The van der Waals surface area contributed by atoms with Gasteiger partial charge in [-0.2, -0.15) is 0 Å². The van der Waals surface area contributed by atoms with Gasteiger partial charge in [-0.1, -0.05) is 41.7 Å². The maximum atomic E-state index is 11.7. The van der Waals surface area contributed by atoms with E-state index >= 15 is 0 Å². The number of pyridine rings is 3. The van der Waals surface area contributed by atoms with Crippen LogP contribution in [0.3, 0.4) is 0 Å². The fourth-order valence-electron chi connectivity index (χ4n) is 2.94. The summed E-state index contributed by atoms with van der Waals surface area (Å²) in [5.74, 6) is 0. The minimum atomic E-state index is -0.166. The Hall–Kier alpha value is -3.38. The van der Waals surface area contributed by atoms with E-state index in [2.05, 4.69) is 9.97 Å². The van der Waals surface area contributed by atoms with E-state index in [1.807, 2.05) is 48.5 Å². The maximum Gasteiger partial charge on any atom is 0.249 e. The number of rotatable bonds is 2. The number of H-pyrrole nitrogens is 1. The molecule has 0 aliphatic carbocycles. The third-order valence-electron chi connectivity index (χ3n) is 4.15. The highest BCUT2D eigenvalue weighted by Gasteiger charge is 2.15. The van der Waals surface area contributed by atoms with Gasteiger partial charge in [0, 0.05) is 28.8 Å². The lowest BCUT2D eigenvalue weighted by Crippen LogP contribution is -2.04. The molecule has 5 rings (SSSR count). The van der Waals surface area contributed by atoms with E-state index in [4.69, 9.17) is 9.97 Å². The molecule has 6 heteroatoms. The van der Waals surface area contributed by atoms with Crippen molar-refractivity contribution in [2.45, 2.75) is 0 Å². The quantitative estimate of drug-likeness (QED) is 0.513. The van der Waals surface area contributed by atoms with Crippen molar-refractivity contribution in [3.05, 3.63) is 77.2 Å². The molecule has 4 aromatic heterocycles. The molecule has 26 heavy (non-hydrogen) atoms. The fourth-order valence-corrected chi connectivity index (χ4v) is 3.87. The lowest BCUT2D eigenvalue weighted by atomic mass is 10.0. The molecule has 124 valence electrons. The summed E-state index contributed by atoms with van der Waals surface area (Å²) in [6.45, 7) is 0. The van der Waals surface area contributed by atoms with E-state index in [1.165, 1.54) is 17.4 Å². The first-order chi connectivity index (χ1) is 12.8. The van der Waals surface area contributed by atoms with Crippen LogP contribution in [0.1, 0.15) is 0 Å². The highest BCUT2D eigenvalue weighted by Crippen LogP contribution is 2.36. The standard InChI is InChI=1S/C20H12N4OS/c25-16-9-8-13-11-14(19-22-15-7-4-10-21-20(15)26-19)17(24-18(13)23-16)12-5-2-1-3-6-12/h1-11H,(H,23,24,25). The lowest BCUT2D eigenvalue weighted by Gasteiger charge is -2.09. The minimum Gasteiger partial charge on any atom is -0.307 e. The molecular formula is C20H12N4OS. The van der Waals surface area contributed by atoms with Gasteiger partial charge in [-0.25, -0.2) is 15.0 Å². The third kappa shape index (κ3) is 2.48. The van der Waals surface area contributed by atoms with Gasteiger partial charge in [0.1, 0.15) is 21.0 Å². The largest absolute Gasteiger partial charge is 0.307 e. The van der Waals surface area contributed by atoms with Crippen LogP contribution < -0.4 is 5.56 Å². The van der Waals surface area contributed by atoms with Gasteiger partial charge in [-0.3, -0.25) is 4.79 Å². The van der Waals surface area contributed by atoms with Gasteiger partial charge < -0.3 is 4.98 Å². The molecule has 4 heterocycles. The van der Waals surface area contributed by atoms with Crippen LogP contribution >= 0.6 is 11.3 Å². The monoisotopic (exact) mass is 356 g/mol. The number of hydrogen-bond donors (Lipinski definition) is 1. The number of fused-ring (bicyclic) bond motifs is 2. The highest BCUT2D eigenvalue weighted by atomic mass is 32.1. The molecule has 0 aliphatic rings. The van der Waals surface area contributed by atoms with Crippen LogP contribution in [0.25, 0.3) is 43.2 Å². The molecule has 0 aliphatic heterocycles. The minimum absolute atomic E-state index is 0.166. The number of hydrogen-bond acceptors (Lipinski definition) is 5. The summed E-state index contributed by atoms with van der Waals surface area (Å²) in [4.78, 5) is 29.3. The van der Waals surface area contributed by atoms with E-state index < -0.39 is 0 Å². The molecule has 1 aromatic carbocycles. The van der Waals surface area contributed by atoms with Crippen molar-refractivity contribution in [3.8, 4) is 21.8 Å². The molecule has 0 bridgehead atoms. The van der Waals surface area contributed by atoms with Gasteiger partial charge in [-0.15, -0.1) is 0 Å². The highest BCUT2D eigenvalue weighted by molar-refractivity contribution is 7.21. The Balaban J connectivity index is 1.84. The van der Waals surface area contributed by atoms with Crippen LogP contribution in [0.2, 0.25) is 0 Å². The fraction of sp³-hybridized carbons (Fsp3) is 0. The summed E-state index contributed by atoms with van der Waals surface area (Å²) in [6, 6.07) is 19.1. The average molecular weight is 356 g/mol. The Labute approximate surface area is 152 Å². The van der Waals surface area contributed by atoms with Crippen molar-refractivity contribution >= 4 is 32.7 Å². The van der Waals surface area contributed by atoms with Crippen LogP contribution in [-0.4, -0.2) is 19.9 Å². The number of nitrogens with zero attached hydrogens (tertiary/aromatic N) is 3. The summed E-state index contributed by atoms with van der Waals surface area (Å²) >= 11 is 1.54. The van der Waals surface area contributed by atoms with Crippen LogP contribution in [-0.2, 0) is 0 Å². The number of aromatic nitrogens is 4. The Kier molecular flexibility index (Phi) is 3.36. The first-order valence-electron chi connectivity index (χ1n) is 8.09. The molecule has 5 aromatic rings. The van der Waals surface area contributed by atoms with Gasteiger partial charge in [-0.05, 0) is 24.3 Å². The van der Waals surface area contributed by atoms with Crippen molar-refractivity contribution in [2.75, 3.05) is 0 Å². The summed E-state index contributed by atoms with van der Waals surface area (Å²) in [7, 11) is 0. The van der Waals surface area contributed by atoms with Crippen molar-refractivity contribution in [1.82, 2.24) is 19.9 Å². The molecule has 5 nitrogen and oxygen atoms in total. The molecule has 1 N–H and O–H groups in total. The first kappa shape index (κ1) is 14.9. The molecule has 0 saturated heterocycles. The molecule has 0 fully saturated rings. The molecule has 0 spiro atoms. The smallest absolute Gasteiger partial charge is 0.249 e. The van der Waals surface area contributed by atoms with Crippen molar-refractivity contribution < 1.29 is 0 Å². The zero-order valence-corrected chi connectivity index (χ0v) is 14.3. The van der Waals surface area contributed by atoms with Crippen LogP contribution in [0.5, 0.6) is 0 Å². The molecule has 0 saturated carbocycles. The van der Waals surface area contributed by atoms with E-state index in [-0.39, 0.29) is 5.56 Å². The number of thiazole rings is 1. The molecule has 0 atom stereocenters. The van der Waals surface area contributed by atoms with Gasteiger partial charge in [0.2, 0.25) is 5.56 Å². The van der Waals surface area contributed by atoms with Crippen LogP contribution in [0.4, 0.5) is 0 Å². The van der Waals surface area contributed by atoms with E-state index in [0.29, 0.717) is 5.65 Å². The topological polar surface area (TPSA) is 71.5 Å². The normalized spacial score (nSPS) is 11.2. The van der Waals surface area contributed by atoms with Gasteiger partial charge in [0.15, 0.2) is 0 Å². The van der Waals surface area contributed by atoms with Crippen LogP contribution in [0.15, 0.2) is 71.7 Å². The Morgan fingerprint density at radius 2 is 1.81 bits per heavy atom. The second kappa shape index (κ2) is 5.86. The van der Waals surface area contributed by atoms with Crippen molar-refractivity contribution in [2.24, 2.45) is 0 Å². The predicted molar refractivity (Wildman–Crippen MR) is 104 cm³/mol. The molecule has 0 unspecified atom stereocenters. The second-order valence-corrected chi connectivity index (χ2v) is 6.84. The number of benzene rings is 1. The van der Waals surface area contributed by atoms with E-state index in [0.717, 1.165) is 37.6 Å². The Morgan fingerprint density at radius 3 is 2.65 bits per heavy atom. The maximum absolute atomic E-state index is 11.7. The van der Waals surface area contributed by atoms with Crippen LogP contribution in [0, 0.1) is 0 Å². The number of aromatic amines is 1. The SMILES string of the molecule is O=c1ccc2cc(-c3nc4cccnc4s3)c(-c3ccccc3)nc2[nH]1. The van der Waals surface area contributed by atoms with Crippen molar-refractivity contribution in [1.29, 1.82) is 0 Å². The Morgan fingerprint density at radius 1 is 0.923 bits per heavy atom. The average Bonchev–Trinajstić information content (AvgIpc) is 3.11. The third-order valence-corrected chi connectivity index (χ3v) is 5.16. The first-order valence-corrected chi connectivity index (χ1v) is 8.91. The zero-order valence-electron chi connectivity index (χ0n) is 13.5. The number of nitrogens with one attached hydrogen (secondary N) is 1. The molecular weight excluding hydrogens is 344 g/mol. The predicted octanol–water partition coefficient (Wildman–Crippen LogP) is 4.26.